The third-order valence-electron chi connectivity index (χ3n) is 3.11. The normalized spacial score (nSPS) is 20.4. The maximum atomic E-state index is 11.1. The van der Waals surface area contributed by atoms with E-state index in [1.165, 1.54) is 19.3 Å². The first-order valence-corrected chi connectivity index (χ1v) is 5.67. The Morgan fingerprint density at radius 3 is 2.50 bits per heavy atom. The Labute approximate surface area is 86.4 Å². The number of carbonyl (C=O) groups excluding carboxylic acids is 1. The zero-order chi connectivity index (χ0) is 10.4. The van der Waals surface area contributed by atoms with Gasteiger partial charge in [-0.15, -0.1) is 0 Å². The monoisotopic (exact) mass is 198 g/mol. The molecule has 14 heavy (non-hydrogen) atoms. The minimum atomic E-state index is 0.0729. The van der Waals surface area contributed by atoms with Crippen molar-refractivity contribution in [3.05, 3.63) is 0 Å². The van der Waals surface area contributed by atoms with Crippen molar-refractivity contribution >= 4 is 5.91 Å². The first-order chi connectivity index (χ1) is 6.68. The Morgan fingerprint density at radius 2 is 2.00 bits per heavy atom. The lowest BCUT2D eigenvalue weighted by atomic mass is 9.78. The molecule has 0 aromatic carbocycles. The van der Waals surface area contributed by atoms with Gasteiger partial charge >= 0.3 is 0 Å². The van der Waals surface area contributed by atoms with Gasteiger partial charge in [0, 0.05) is 12.5 Å². The van der Waals surface area contributed by atoms with Crippen LogP contribution >= 0.6 is 0 Å². The number of carbonyl (C=O) groups is 1. The fraction of sp³-hybridized carbons (Fsp3) is 0.909. The summed E-state index contributed by atoms with van der Waals surface area (Å²) >= 11 is 0. The Balaban J connectivity index is 2.52. The Bertz CT molecular complexity index is 186. The summed E-state index contributed by atoms with van der Waals surface area (Å²) in [7, 11) is 0. The van der Waals surface area contributed by atoms with Crippen LogP contribution in [-0.2, 0) is 4.79 Å². The van der Waals surface area contributed by atoms with Gasteiger partial charge in [-0.3, -0.25) is 4.79 Å². The molecule has 0 aromatic heterocycles. The first kappa shape index (κ1) is 11.5. The van der Waals surface area contributed by atoms with Gasteiger partial charge in [0.15, 0.2) is 0 Å². The summed E-state index contributed by atoms with van der Waals surface area (Å²) in [6.07, 6.45) is 8.11. The van der Waals surface area contributed by atoms with Gasteiger partial charge < -0.3 is 11.1 Å². The van der Waals surface area contributed by atoms with Crippen molar-refractivity contribution in [2.75, 3.05) is 6.54 Å². The smallest absolute Gasteiger partial charge is 0.217 e. The van der Waals surface area contributed by atoms with E-state index in [1.54, 1.807) is 6.92 Å². The minimum absolute atomic E-state index is 0.0729. The fourth-order valence-corrected chi connectivity index (χ4v) is 2.48. The second-order valence-electron chi connectivity index (χ2n) is 4.41. The van der Waals surface area contributed by atoms with Crippen LogP contribution in [0.4, 0.5) is 0 Å². The number of hydrogen-bond donors (Lipinski definition) is 2. The van der Waals surface area contributed by atoms with Crippen molar-refractivity contribution in [1.29, 1.82) is 0 Å². The van der Waals surface area contributed by atoms with Gasteiger partial charge in [0.05, 0.1) is 0 Å². The quantitative estimate of drug-likeness (QED) is 0.720. The van der Waals surface area contributed by atoms with E-state index in [0.717, 1.165) is 32.2 Å². The minimum Gasteiger partial charge on any atom is -0.351 e. The lowest BCUT2D eigenvalue weighted by Gasteiger charge is -2.38. The standard InChI is InChI=1S/C11H22N2O/c1-10(14)13-11(8-5-9-12)6-3-2-4-7-11/h2-9,12H2,1H3,(H,13,14). The molecule has 0 saturated heterocycles. The van der Waals surface area contributed by atoms with Crippen LogP contribution in [0.25, 0.3) is 0 Å². The summed E-state index contributed by atoms with van der Waals surface area (Å²) in [5, 5.41) is 3.14. The molecule has 1 amide bonds. The van der Waals surface area contributed by atoms with Crippen LogP contribution in [-0.4, -0.2) is 18.0 Å². The van der Waals surface area contributed by atoms with E-state index in [2.05, 4.69) is 5.32 Å². The Hall–Kier alpha value is -0.570. The van der Waals surface area contributed by atoms with E-state index in [-0.39, 0.29) is 11.4 Å². The zero-order valence-corrected chi connectivity index (χ0v) is 9.14. The molecule has 1 aliphatic rings. The predicted octanol–water partition coefficient (Wildman–Crippen LogP) is 1.56. The second-order valence-corrected chi connectivity index (χ2v) is 4.41. The highest BCUT2D eigenvalue weighted by atomic mass is 16.1. The van der Waals surface area contributed by atoms with Gasteiger partial charge in [-0.2, -0.15) is 0 Å². The number of nitrogens with one attached hydrogen (secondary N) is 1. The van der Waals surface area contributed by atoms with Crippen LogP contribution in [0.15, 0.2) is 0 Å². The highest BCUT2D eigenvalue weighted by Crippen LogP contribution is 2.31. The summed E-state index contributed by atoms with van der Waals surface area (Å²) < 4.78 is 0. The zero-order valence-electron chi connectivity index (χ0n) is 9.14. The molecule has 3 nitrogen and oxygen atoms in total. The molecule has 1 rings (SSSR count). The molecular formula is C11H22N2O. The summed E-state index contributed by atoms with van der Waals surface area (Å²) in [6, 6.07) is 0. The lowest BCUT2D eigenvalue weighted by Crippen LogP contribution is -2.49. The van der Waals surface area contributed by atoms with E-state index in [1.807, 2.05) is 0 Å². The van der Waals surface area contributed by atoms with Crippen molar-refractivity contribution < 1.29 is 4.79 Å². The van der Waals surface area contributed by atoms with Crippen LogP contribution < -0.4 is 11.1 Å². The number of nitrogens with two attached hydrogens (primary N) is 1. The molecule has 0 atom stereocenters. The van der Waals surface area contributed by atoms with E-state index in [4.69, 9.17) is 5.73 Å². The third-order valence-corrected chi connectivity index (χ3v) is 3.11. The summed E-state index contributed by atoms with van der Waals surface area (Å²) in [4.78, 5) is 11.1. The van der Waals surface area contributed by atoms with Gasteiger partial charge in [0.1, 0.15) is 0 Å². The van der Waals surface area contributed by atoms with Crippen molar-refractivity contribution in [3.63, 3.8) is 0 Å². The highest BCUT2D eigenvalue weighted by molar-refractivity contribution is 5.73. The predicted molar refractivity (Wildman–Crippen MR) is 57.9 cm³/mol. The molecule has 0 aromatic rings. The Kier molecular flexibility index (Phi) is 4.39. The van der Waals surface area contributed by atoms with Crippen LogP contribution in [0.1, 0.15) is 51.9 Å². The molecule has 0 radical (unpaired) electrons. The molecule has 1 saturated carbocycles. The van der Waals surface area contributed by atoms with Crippen LogP contribution in [0.5, 0.6) is 0 Å². The van der Waals surface area contributed by atoms with Gasteiger partial charge in [-0.1, -0.05) is 19.3 Å². The van der Waals surface area contributed by atoms with Crippen molar-refractivity contribution in [2.24, 2.45) is 5.73 Å². The molecule has 3 N–H and O–H groups in total. The molecule has 0 bridgehead atoms. The molecule has 1 aliphatic carbocycles. The molecule has 0 unspecified atom stereocenters. The van der Waals surface area contributed by atoms with Crippen LogP contribution in [0.3, 0.4) is 0 Å². The number of hydrogen-bond acceptors (Lipinski definition) is 2. The van der Waals surface area contributed by atoms with Crippen molar-refractivity contribution in [2.45, 2.75) is 57.4 Å². The van der Waals surface area contributed by atoms with Crippen molar-refractivity contribution in [1.82, 2.24) is 5.32 Å². The highest BCUT2D eigenvalue weighted by Gasteiger charge is 2.31. The molecule has 1 fully saturated rings. The third kappa shape index (κ3) is 3.29. The molecule has 0 aliphatic heterocycles. The summed E-state index contributed by atoms with van der Waals surface area (Å²) in [5.41, 5.74) is 5.60. The average Bonchev–Trinajstić information content (AvgIpc) is 2.15. The SMILES string of the molecule is CC(=O)NC1(CCCN)CCCCC1. The topological polar surface area (TPSA) is 55.1 Å². The van der Waals surface area contributed by atoms with Crippen molar-refractivity contribution in [3.8, 4) is 0 Å². The summed E-state index contributed by atoms with van der Waals surface area (Å²) in [6.45, 7) is 2.33. The fourth-order valence-electron chi connectivity index (χ4n) is 2.48. The van der Waals surface area contributed by atoms with E-state index in [0.29, 0.717) is 0 Å². The van der Waals surface area contributed by atoms with Gasteiger partial charge in [0.25, 0.3) is 0 Å². The molecule has 0 heterocycles. The second kappa shape index (κ2) is 5.35. The van der Waals surface area contributed by atoms with E-state index < -0.39 is 0 Å². The summed E-state index contributed by atoms with van der Waals surface area (Å²) in [5.74, 6) is 0.101. The number of amides is 1. The maximum absolute atomic E-state index is 11.1. The molecule has 0 spiro atoms. The molecule has 82 valence electrons. The lowest BCUT2D eigenvalue weighted by molar-refractivity contribution is -0.121. The first-order valence-electron chi connectivity index (χ1n) is 5.67. The van der Waals surface area contributed by atoms with Crippen LogP contribution in [0.2, 0.25) is 0 Å². The van der Waals surface area contributed by atoms with E-state index >= 15 is 0 Å². The maximum Gasteiger partial charge on any atom is 0.217 e. The largest absolute Gasteiger partial charge is 0.351 e. The van der Waals surface area contributed by atoms with Gasteiger partial charge in [-0.05, 0) is 32.2 Å². The number of rotatable bonds is 4. The van der Waals surface area contributed by atoms with Gasteiger partial charge in [0.2, 0.25) is 5.91 Å². The van der Waals surface area contributed by atoms with Gasteiger partial charge in [-0.25, -0.2) is 0 Å². The molecular weight excluding hydrogens is 176 g/mol. The molecule has 3 heteroatoms. The van der Waals surface area contributed by atoms with Crippen LogP contribution in [0, 0.1) is 0 Å². The van der Waals surface area contributed by atoms with E-state index in [9.17, 15) is 4.79 Å². The Morgan fingerprint density at radius 1 is 1.36 bits per heavy atom. The average molecular weight is 198 g/mol.